The van der Waals surface area contributed by atoms with Gasteiger partial charge in [-0.1, -0.05) is 117 Å². The Kier molecular flexibility index (Phi) is 37.2. The van der Waals surface area contributed by atoms with Gasteiger partial charge >= 0.3 is 59.1 Å². The molecule has 0 heterocycles. The van der Waals surface area contributed by atoms with Gasteiger partial charge in [0.15, 0.2) is 0 Å². The number of hydrogen-bond acceptors (Lipinski definition) is 6. The predicted octanol–water partition coefficient (Wildman–Crippen LogP) is -1.23. The predicted molar refractivity (Wildman–Crippen MR) is 156 cm³/mol. The van der Waals surface area contributed by atoms with Crippen LogP contribution >= 0.6 is 0 Å². The summed E-state index contributed by atoms with van der Waals surface area (Å²) < 4.78 is 0. The Labute approximate surface area is 301 Å². The Morgan fingerprint density at radius 2 is 0.667 bits per heavy atom. The van der Waals surface area contributed by atoms with Crippen molar-refractivity contribution in [1.82, 2.24) is 9.80 Å². The molecule has 0 aliphatic rings. The maximum absolute atomic E-state index is 12.9. The van der Waals surface area contributed by atoms with E-state index in [0.29, 0.717) is 12.8 Å². The summed E-state index contributed by atoms with van der Waals surface area (Å²) >= 11 is 0. The van der Waals surface area contributed by atoms with E-state index in [1.807, 2.05) is 0 Å². The van der Waals surface area contributed by atoms with E-state index in [4.69, 9.17) is 0 Å². The Hall–Kier alpha value is -0.120. The zero-order valence-electron chi connectivity index (χ0n) is 27.7. The third kappa shape index (κ3) is 29.9. The topological polar surface area (TPSA) is 121 Å². The number of amides is 2. The molecule has 0 aromatic heterocycles. The number of unbranched alkanes of at least 4 members (excludes halogenated alkanes) is 16. The van der Waals surface area contributed by atoms with Crippen molar-refractivity contribution >= 4 is 23.8 Å². The van der Waals surface area contributed by atoms with E-state index >= 15 is 0 Å². The fourth-order valence-corrected chi connectivity index (χ4v) is 4.91. The first-order valence-corrected chi connectivity index (χ1v) is 16.3. The second-order valence-electron chi connectivity index (χ2n) is 11.2. The molecule has 0 spiro atoms. The fraction of sp³-hybridized carbons (Fsp3) is 0.875. The van der Waals surface area contributed by atoms with Crippen molar-refractivity contribution in [2.75, 3.05) is 26.2 Å². The number of carbonyl (C=O) groups excluding carboxylic acids is 4. The summed E-state index contributed by atoms with van der Waals surface area (Å²) in [5, 5.41) is 22.1. The molecule has 0 saturated heterocycles. The van der Waals surface area contributed by atoms with Gasteiger partial charge in [-0.3, -0.25) is 9.59 Å². The van der Waals surface area contributed by atoms with Gasteiger partial charge in [-0.25, -0.2) is 0 Å². The normalized spacial score (nSPS) is 10.4. The summed E-state index contributed by atoms with van der Waals surface area (Å²) in [4.78, 5) is 50.8. The van der Waals surface area contributed by atoms with Crippen LogP contribution in [0.5, 0.6) is 0 Å². The van der Waals surface area contributed by atoms with E-state index in [-0.39, 0.29) is 110 Å². The zero-order chi connectivity index (χ0) is 29.8. The summed E-state index contributed by atoms with van der Waals surface area (Å²) in [6.45, 7) is 4.82. The van der Waals surface area contributed by atoms with E-state index < -0.39 is 11.9 Å². The molecule has 0 aromatic carbocycles. The Balaban J connectivity index is -0.00000760. The monoisotopic (exact) mass is 612 g/mol. The molecule has 0 N–H and O–H groups in total. The van der Waals surface area contributed by atoms with Crippen molar-refractivity contribution in [2.24, 2.45) is 0 Å². The third-order valence-corrected chi connectivity index (χ3v) is 7.51. The van der Waals surface area contributed by atoms with Gasteiger partial charge in [0.05, 0.1) is 0 Å². The van der Waals surface area contributed by atoms with Crippen LogP contribution in [0, 0.1) is 0 Å². The molecule has 8 nitrogen and oxygen atoms in total. The Morgan fingerprint density at radius 3 is 0.929 bits per heavy atom. The van der Waals surface area contributed by atoms with Crippen molar-refractivity contribution in [3.05, 3.63) is 0 Å². The summed E-state index contributed by atoms with van der Waals surface area (Å²) in [5.74, 6) is -2.71. The number of rotatable bonds is 29. The van der Waals surface area contributed by atoms with Crippen molar-refractivity contribution < 1.29 is 88.5 Å². The Bertz CT molecular complexity index is 625. The minimum Gasteiger partial charge on any atom is -0.550 e. The van der Waals surface area contributed by atoms with Crippen LogP contribution in [0.4, 0.5) is 0 Å². The summed E-state index contributed by atoms with van der Waals surface area (Å²) in [6.07, 6.45) is 20.6. The first kappa shape index (κ1) is 46.3. The molecule has 42 heavy (non-hydrogen) atoms. The number of hydrogen-bond donors (Lipinski definition) is 0. The van der Waals surface area contributed by atoms with Crippen LogP contribution in [-0.4, -0.2) is 59.7 Å². The van der Waals surface area contributed by atoms with Gasteiger partial charge < -0.3 is 29.6 Å². The molecular weight excluding hydrogens is 554 g/mol. The van der Waals surface area contributed by atoms with Crippen LogP contribution in [-0.2, 0) is 19.2 Å². The number of carboxylic acid groups (broad SMARTS) is 2. The average molecular weight is 613 g/mol. The van der Waals surface area contributed by atoms with Gasteiger partial charge in [0.25, 0.3) is 0 Å². The minimum atomic E-state index is -1.23. The zero-order valence-corrected chi connectivity index (χ0v) is 31.7. The number of carboxylic acids is 2. The molecule has 2 amide bonds. The molecule has 0 saturated carbocycles. The van der Waals surface area contributed by atoms with Crippen LogP contribution in [0.2, 0.25) is 0 Å². The van der Waals surface area contributed by atoms with Gasteiger partial charge in [-0.05, 0) is 12.8 Å². The first-order chi connectivity index (χ1) is 19.3. The molecule has 0 aliphatic carbocycles. The number of nitrogens with zero attached hydrogens (tertiary/aromatic N) is 2. The standard InChI is InChI=1S/C32H60N2O6.2Na/c1-3-5-7-9-11-13-15-17-19-21-29(35)33(25-23-31(37)38)27-28-34(26-24-32(39)40)30(36)22-20-18-16-14-12-10-8-6-4-2;;/h3-28H2,1-2H3,(H,37,38)(H,39,40);;/q;2*+1/p-2. The van der Waals surface area contributed by atoms with Crippen LogP contribution in [0.3, 0.4) is 0 Å². The van der Waals surface area contributed by atoms with Crippen LogP contribution in [0.15, 0.2) is 0 Å². The van der Waals surface area contributed by atoms with Crippen molar-refractivity contribution in [1.29, 1.82) is 0 Å². The molecule has 0 aromatic rings. The molecule has 0 unspecified atom stereocenters. The van der Waals surface area contributed by atoms with E-state index in [1.165, 1.54) is 86.8 Å². The van der Waals surface area contributed by atoms with Crippen LogP contribution in [0.1, 0.15) is 155 Å². The smallest absolute Gasteiger partial charge is 0.550 e. The molecule has 0 aliphatic heterocycles. The first-order valence-electron chi connectivity index (χ1n) is 16.3. The van der Waals surface area contributed by atoms with Crippen molar-refractivity contribution in [2.45, 2.75) is 155 Å². The Morgan fingerprint density at radius 1 is 0.405 bits per heavy atom. The molecule has 0 fully saturated rings. The average Bonchev–Trinajstić information content (AvgIpc) is 2.92. The van der Waals surface area contributed by atoms with E-state index in [1.54, 1.807) is 0 Å². The molecule has 10 heteroatoms. The van der Waals surface area contributed by atoms with Crippen LogP contribution in [0.25, 0.3) is 0 Å². The van der Waals surface area contributed by atoms with Gasteiger partial charge in [0.2, 0.25) is 11.8 Å². The van der Waals surface area contributed by atoms with E-state index in [2.05, 4.69) is 13.8 Å². The number of carbonyl (C=O) groups is 4. The second-order valence-corrected chi connectivity index (χ2v) is 11.2. The molecule has 0 radical (unpaired) electrons. The van der Waals surface area contributed by atoms with Crippen molar-refractivity contribution in [3.63, 3.8) is 0 Å². The van der Waals surface area contributed by atoms with E-state index in [9.17, 15) is 29.4 Å². The second kappa shape index (κ2) is 33.8. The van der Waals surface area contributed by atoms with Gasteiger partial charge in [-0.2, -0.15) is 0 Å². The SMILES string of the molecule is CCCCCCCCCCCC(=O)N(CCC(=O)[O-])CCN(CCC(=O)[O-])C(=O)CCCCCCCCCCC.[Na+].[Na+]. The molecule has 0 bridgehead atoms. The third-order valence-electron chi connectivity index (χ3n) is 7.51. The molecule has 0 rings (SSSR count). The summed E-state index contributed by atoms with van der Waals surface area (Å²) in [6, 6.07) is 0. The fourth-order valence-electron chi connectivity index (χ4n) is 4.91. The van der Waals surface area contributed by atoms with Crippen molar-refractivity contribution in [3.8, 4) is 0 Å². The molecule has 234 valence electrons. The largest absolute Gasteiger partial charge is 1.00 e. The summed E-state index contributed by atoms with van der Waals surface area (Å²) in [7, 11) is 0. The van der Waals surface area contributed by atoms with Gasteiger partial charge in [0, 0.05) is 63.8 Å². The maximum atomic E-state index is 12.9. The van der Waals surface area contributed by atoms with Gasteiger partial charge in [0.1, 0.15) is 0 Å². The van der Waals surface area contributed by atoms with Gasteiger partial charge in [-0.15, -0.1) is 0 Å². The summed E-state index contributed by atoms with van der Waals surface area (Å²) in [5.41, 5.74) is 0. The quantitative estimate of drug-likeness (QED) is 0.0771. The molecule has 0 atom stereocenters. The van der Waals surface area contributed by atoms with E-state index in [0.717, 1.165) is 38.5 Å². The number of aliphatic carboxylic acids is 2. The minimum absolute atomic E-state index is 0. The maximum Gasteiger partial charge on any atom is 1.00 e. The molecular formula is C32H58N2Na2O6. The van der Waals surface area contributed by atoms with Crippen LogP contribution < -0.4 is 69.3 Å².